The second kappa shape index (κ2) is 41.0. The van der Waals surface area contributed by atoms with E-state index in [-0.39, 0.29) is 13.0 Å². The van der Waals surface area contributed by atoms with E-state index < -0.39 is 63.1 Å². The van der Waals surface area contributed by atoms with Crippen molar-refractivity contribution in [2.75, 3.05) is 19.8 Å². The zero-order chi connectivity index (χ0) is 46.9. The largest absolute Gasteiger partial charge is 0.472 e. The van der Waals surface area contributed by atoms with Gasteiger partial charge in [-0.3, -0.25) is 13.8 Å². The number of hydrogen-bond acceptors (Lipinski definition) is 11. The van der Waals surface area contributed by atoms with Gasteiger partial charge in [0, 0.05) is 13.0 Å². The molecule has 1 fully saturated rings. The van der Waals surface area contributed by atoms with Gasteiger partial charge in [-0.2, -0.15) is 0 Å². The molecule has 0 bridgehead atoms. The van der Waals surface area contributed by atoms with Gasteiger partial charge in [0.25, 0.3) is 0 Å². The number of carbonyl (C=O) groups excluding carboxylic acids is 1. The van der Waals surface area contributed by atoms with Crippen molar-refractivity contribution < 1.29 is 58.3 Å². The van der Waals surface area contributed by atoms with Crippen LogP contribution in [-0.2, 0) is 27.9 Å². The first-order valence-corrected chi connectivity index (χ1v) is 26.3. The van der Waals surface area contributed by atoms with Crippen LogP contribution in [0.2, 0.25) is 0 Å². The maximum Gasteiger partial charge on any atom is 0.472 e. The summed E-state index contributed by atoms with van der Waals surface area (Å²) in [6, 6.07) is 0. The van der Waals surface area contributed by atoms with E-state index >= 15 is 0 Å². The average Bonchev–Trinajstić information content (AvgIpc) is 3.28. The van der Waals surface area contributed by atoms with Crippen LogP contribution in [0.15, 0.2) is 72.9 Å². The summed E-state index contributed by atoms with van der Waals surface area (Å²) in [5, 5.41) is 50.2. The average molecular weight is 925 g/mol. The van der Waals surface area contributed by atoms with Crippen molar-refractivity contribution in [2.24, 2.45) is 0 Å². The van der Waals surface area contributed by atoms with Crippen molar-refractivity contribution in [2.45, 2.75) is 224 Å². The molecule has 6 unspecified atom stereocenters. The zero-order valence-electron chi connectivity index (χ0n) is 39.6. The van der Waals surface area contributed by atoms with Crippen molar-refractivity contribution in [1.82, 2.24) is 0 Å². The van der Waals surface area contributed by atoms with Crippen LogP contribution in [-0.4, -0.2) is 98.9 Å². The molecule has 0 radical (unpaired) electrons. The summed E-state index contributed by atoms with van der Waals surface area (Å²) in [5.41, 5.74) is 0. The zero-order valence-corrected chi connectivity index (χ0v) is 40.5. The molecule has 6 N–H and O–H groups in total. The van der Waals surface area contributed by atoms with E-state index in [4.69, 9.17) is 18.5 Å². The maximum absolute atomic E-state index is 12.8. The van der Waals surface area contributed by atoms with Gasteiger partial charge in [-0.25, -0.2) is 4.57 Å². The Bertz CT molecular complexity index is 1330. The Morgan fingerprint density at radius 3 is 1.31 bits per heavy atom. The number of phosphoric ester groups is 1. The van der Waals surface area contributed by atoms with Gasteiger partial charge < -0.3 is 39.9 Å². The molecule has 0 aliphatic heterocycles. The smallest absolute Gasteiger partial charge is 0.457 e. The van der Waals surface area contributed by atoms with Crippen LogP contribution in [0.25, 0.3) is 0 Å². The monoisotopic (exact) mass is 925 g/mol. The van der Waals surface area contributed by atoms with E-state index in [1.165, 1.54) is 96.3 Å². The molecular formula is C51H89O12P. The molecule has 12 nitrogen and oxygen atoms in total. The van der Waals surface area contributed by atoms with Gasteiger partial charge in [0.1, 0.15) is 42.7 Å². The quantitative estimate of drug-likeness (QED) is 0.0147. The summed E-state index contributed by atoms with van der Waals surface area (Å²) in [4.78, 5) is 23.2. The molecule has 0 spiro atoms. The highest BCUT2D eigenvalue weighted by Crippen LogP contribution is 2.47. The maximum atomic E-state index is 12.8. The Morgan fingerprint density at radius 2 is 0.891 bits per heavy atom. The van der Waals surface area contributed by atoms with Crippen LogP contribution in [0.5, 0.6) is 0 Å². The van der Waals surface area contributed by atoms with Crippen molar-refractivity contribution in [3.63, 3.8) is 0 Å². The fraction of sp³-hybridized carbons (Fsp3) is 0.745. The lowest BCUT2D eigenvalue weighted by atomic mass is 9.85. The highest BCUT2D eigenvalue weighted by Gasteiger charge is 2.51. The third-order valence-electron chi connectivity index (χ3n) is 11.1. The number of aliphatic hydroxyl groups excluding tert-OH is 5. The minimum Gasteiger partial charge on any atom is -0.457 e. The van der Waals surface area contributed by atoms with E-state index in [1.807, 2.05) is 12.2 Å². The molecule has 0 saturated heterocycles. The van der Waals surface area contributed by atoms with Crippen LogP contribution in [0.1, 0.15) is 181 Å². The normalized spacial score (nSPS) is 22.3. The van der Waals surface area contributed by atoms with Gasteiger partial charge in [-0.1, -0.05) is 196 Å². The fourth-order valence-electron chi connectivity index (χ4n) is 7.21. The highest BCUT2D eigenvalue weighted by atomic mass is 31.2. The molecule has 1 saturated carbocycles. The van der Waals surface area contributed by atoms with Gasteiger partial charge in [0.05, 0.1) is 13.2 Å². The molecule has 0 amide bonds. The topological polar surface area (TPSA) is 192 Å². The Hall–Kier alpha value is -2.22. The van der Waals surface area contributed by atoms with E-state index in [0.717, 1.165) is 57.8 Å². The molecule has 0 heterocycles. The van der Waals surface area contributed by atoms with Crippen LogP contribution in [0.4, 0.5) is 0 Å². The summed E-state index contributed by atoms with van der Waals surface area (Å²) in [7, 11) is -5.04. The van der Waals surface area contributed by atoms with E-state index in [0.29, 0.717) is 13.0 Å². The number of rotatable bonds is 41. The third-order valence-corrected chi connectivity index (χ3v) is 12.1. The van der Waals surface area contributed by atoms with Crippen molar-refractivity contribution in [3.8, 4) is 0 Å². The van der Waals surface area contributed by atoms with Gasteiger partial charge >= 0.3 is 13.8 Å². The lowest BCUT2D eigenvalue weighted by Crippen LogP contribution is -2.64. The number of hydrogen-bond donors (Lipinski definition) is 6. The first-order valence-electron chi connectivity index (χ1n) is 24.8. The first-order chi connectivity index (χ1) is 31.0. The summed E-state index contributed by atoms with van der Waals surface area (Å²) in [6.45, 7) is 4.08. The molecule has 0 aromatic heterocycles. The minimum absolute atomic E-state index is 0.0593. The lowest BCUT2D eigenvalue weighted by Gasteiger charge is -2.41. The molecule has 6 atom stereocenters. The second-order valence-electron chi connectivity index (χ2n) is 16.9. The van der Waals surface area contributed by atoms with Gasteiger partial charge in [0.2, 0.25) is 0 Å². The molecule has 1 rings (SSSR count). The van der Waals surface area contributed by atoms with Crippen LogP contribution < -0.4 is 0 Å². The number of esters is 1. The van der Waals surface area contributed by atoms with Crippen LogP contribution >= 0.6 is 7.82 Å². The molecule has 1 aliphatic rings. The molecule has 0 aromatic rings. The highest BCUT2D eigenvalue weighted by molar-refractivity contribution is 7.47. The molecule has 64 heavy (non-hydrogen) atoms. The van der Waals surface area contributed by atoms with Gasteiger partial charge in [-0.05, 0) is 51.4 Å². The number of ether oxygens (including phenoxy) is 2. The number of unbranched alkanes of at least 4 members (excludes halogenated alkanes) is 17. The summed E-state index contributed by atoms with van der Waals surface area (Å²) in [5.74, 6) is -0.558. The summed E-state index contributed by atoms with van der Waals surface area (Å²) in [6.07, 6.45) is 41.3. The van der Waals surface area contributed by atoms with E-state index in [2.05, 4.69) is 74.6 Å². The Morgan fingerprint density at radius 1 is 0.516 bits per heavy atom. The van der Waals surface area contributed by atoms with Gasteiger partial charge in [0.15, 0.2) is 0 Å². The number of phosphoric acid groups is 1. The number of allylic oxidation sites excluding steroid dienone is 12. The second-order valence-corrected chi connectivity index (χ2v) is 18.3. The predicted octanol–water partition coefficient (Wildman–Crippen LogP) is 10.8. The molecular weight excluding hydrogens is 836 g/mol. The number of aliphatic hydroxyl groups is 5. The Labute approximate surface area is 387 Å². The van der Waals surface area contributed by atoms with Gasteiger partial charge in [-0.15, -0.1) is 0 Å². The molecule has 13 heteroatoms. The lowest BCUT2D eigenvalue weighted by molar-refractivity contribution is -0.220. The molecule has 0 aromatic carbocycles. The van der Waals surface area contributed by atoms with Crippen LogP contribution in [0, 0.1) is 0 Å². The third kappa shape index (κ3) is 32.5. The van der Waals surface area contributed by atoms with E-state index in [1.54, 1.807) is 0 Å². The summed E-state index contributed by atoms with van der Waals surface area (Å²) >= 11 is 0. The van der Waals surface area contributed by atoms with Crippen LogP contribution in [0.3, 0.4) is 0 Å². The Balaban J connectivity index is 2.42. The minimum atomic E-state index is -5.04. The standard InChI is InChI=1S/C51H89O12P/c1-3-5-7-9-11-13-15-17-19-21-23-24-26-28-30-32-34-36-38-40-45(52)62-44(43-61-64(58,59)63-51-49(56)47(54)46(53)48(55)50(51)57)42-60-41-39-37-35-33-31-29-27-25-22-20-18-16-14-12-10-8-6-4-2/h5,7,11,13,17,19,23-24,28,30,34,36,44,46-51,53-57H,3-4,6,8-10,12,14-16,18,20-22,25-27,29,31-33,35,37-43H2,1-2H3,(H,58,59)/b7-5-,13-11-,19-17-,24-23-,30-28-,36-34-. The first kappa shape index (κ1) is 59.8. The number of carbonyl (C=O) groups is 1. The SMILES string of the molecule is CC/C=C\C/C=C\C/C=C\C/C=C\C/C=C\C/C=C\CCC(=O)OC(COCCCCCCCCCCCCCCCCCCCC)COP(=O)(O)OC1C(O)C(O)C(O)C(O)C1O. The molecule has 1 aliphatic carbocycles. The predicted molar refractivity (Wildman–Crippen MR) is 258 cm³/mol. The Kier molecular flexibility index (Phi) is 38.3. The van der Waals surface area contributed by atoms with Crippen molar-refractivity contribution in [1.29, 1.82) is 0 Å². The van der Waals surface area contributed by atoms with Crippen molar-refractivity contribution in [3.05, 3.63) is 72.9 Å². The van der Waals surface area contributed by atoms with E-state index in [9.17, 15) is 39.8 Å². The van der Waals surface area contributed by atoms with Crippen molar-refractivity contribution >= 4 is 13.8 Å². The fourth-order valence-corrected chi connectivity index (χ4v) is 8.18. The summed E-state index contributed by atoms with van der Waals surface area (Å²) < 4.78 is 34.2. The molecule has 370 valence electrons.